The first-order valence-electron chi connectivity index (χ1n) is 3.41. The van der Waals surface area contributed by atoms with Gasteiger partial charge in [0.05, 0.1) is 0 Å². The molecule has 0 radical (unpaired) electrons. The molecule has 0 N–H and O–H groups in total. The third-order valence-electron chi connectivity index (χ3n) is 1.36. The average Bonchev–Trinajstić information content (AvgIpc) is 2.03. The highest BCUT2D eigenvalue weighted by atomic mass is 16.5. The molecule has 1 aromatic rings. The van der Waals surface area contributed by atoms with E-state index in [1.54, 1.807) is 0 Å². The number of hydrogen-bond donors (Lipinski definition) is 0. The molecule has 0 aliphatic rings. The Bertz CT molecular complexity index is 283. The highest BCUT2D eigenvalue weighted by Gasteiger charge is 1.92. The van der Waals surface area contributed by atoms with Crippen LogP contribution in [0.2, 0.25) is 0 Å². The van der Waals surface area contributed by atoms with Gasteiger partial charge in [-0.2, -0.15) is 0 Å². The van der Waals surface area contributed by atoms with E-state index in [-0.39, 0.29) is 0 Å². The number of aryl methyl sites for hydroxylation is 1. The van der Waals surface area contributed by atoms with Gasteiger partial charge in [-0.3, -0.25) is 0 Å². The zero-order valence-corrected chi connectivity index (χ0v) is 6.50. The maximum Gasteiger partial charge on any atom is 0.133 e. The molecule has 0 unspecified atom stereocenters. The molecule has 0 aliphatic carbocycles. The third kappa shape index (κ3) is 1.99. The van der Waals surface area contributed by atoms with Crippen LogP contribution in [0.1, 0.15) is 5.56 Å². The van der Waals surface area contributed by atoms with Crippen LogP contribution >= 0.6 is 0 Å². The second kappa shape index (κ2) is 3.65. The molecule has 0 atom stereocenters. The topological polar surface area (TPSA) is 9.23 Å². The summed E-state index contributed by atoms with van der Waals surface area (Å²) in [7, 11) is 0. The average molecular weight is 146 g/mol. The van der Waals surface area contributed by atoms with Crippen molar-refractivity contribution < 1.29 is 4.74 Å². The van der Waals surface area contributed by atoms with Gasteiger partial charge in [0.15, 0.2) is 0 Å². The van der Waals surface area contributed by atoms with Gasteiger partial charge >= 0.3 is 0 Å². The van der Waals surface area contributed by atoms with Crippen LogP contribution in [-0.2, 0) is 0 Å². The van der Waals surface area contributed by atoms with E-state index in [1.165, 1.54) is 6.26 Å². The van der Waals surface area contributed by atoms with Crippen molar-refractivity contribution in [1.29, 1.82) is 0 Å². The normalized spacial score (nSPS) is 8.45. The quantitative estimate of drug-likeness (QED) is 0.460. The predicted octanol–water partition coefficient (Wildman–Crippen LogP) is 2.67. The Labute approximate surface area is 66.6 Å². The van der Waals surface area contributed by atoms with Crippen molar-refractivity contribution in [3.8, 4) is 5.75 Å². The molecular weight excluding hydrogens is 136 g/mol. The van der Waals surface area contributed by atoms with Gasteiger partial charge in [-0.25, -0.2) is 0 Å². The summed E-state index contributed by atoms with van der Waals surface area (Å²) < 4.78 is 5.19. The van der Waals surface area contributed by atoms with Crippen LogP contribution in [0.3, 0.4) is 0 Å². The Morgan fingerprint density at radius 1 is 1.45 bits per heavy atom. The van der Waals surface area contributed by atoms with Crippen LogP contribution in [0.15, 0.2) is 42.8 Å². The van der Waals surface area contributed by atoms with Gasteiger partial charge in [0.25, 0.3) is 0 Å². The van der Waals surface area contributed by atoms with E-state index in [1.807, 2.05) is 31.2 Å². The summed E-state index contributed by atoms with van der Waals surface area (Å²) in [5, 5.41) is 0. The molecule has 0 heterocycles. The maximum absolute atomic E-state index is 5.19. The lowest BCUT2D eigenvalue weighted by molar-refractivity contribution is 0.479. The van der Waals surface area contributed by atoms with E-state index in [4.69, 9.17) is 4.74 Å². The molecule has 1 heteroatoms. The Morgan fingerprint density at radius 3 is 2.82 bits per heavy atom. The third-order valence-corrected chi connectivity index (χ3v) is 1.36. The van der Waals surface area contributed by atoms with Gasteiger partial charge in [0, 0.05) is 0 Å². The highest BCUT2D eigenvalue weighted by molar-refractivity contribution is 5.32. The van der Waals surface area contributed by atoms with Crippen molar-refractivity contribution in [2.75, 3.05) is 0 Å². The van der Waals surface area contributed by atoms with Crippen LogP contribution in [0.4, 0.5) is 0 Å². The molecule has 0 spiro atoms. The van der Waals surface area contributed by atoms with Gasteiger partial charge in [-0.05, 0) is 18.6 Å². The minimum absolute atomic E-state index is 0.851. The minimum Gasteiger partial charge on any atom is -0.457 e. The lowest BCUT2D eigenvalue weighted by Gasteiger charge is -2.01. The van der Waals surface area contributed by atoms with Gasteiger partial charge in [0.1, 0.15) is 12.0 Å². The Balaban J connectivity index is 2.85. The molecule has 1 aromatic carbocycles. The second-order valence-corrected chi connectivity index (χ2v) is 2.21. The largest absolute Gasteiger partial charge is 0.457 e. The highest BCUT2D eigenvalue weighted by Crippen LogP contribution is 2.15. The summed E-state index contributed by atoms with van der Waals surface area (Å²) in [6.07, 6.45) is 1.45. The Kier molecular flexibility index (Phi) is 2.53. The first-order valence-corrected chi connectivity index (χ1v) is 3.41. The molecule has 11 heavy (non-hydrogen) atoms. The number of benzene rings is 1. The van der Waals surface area contributed by atoms with Crippen LogP contribution in [0.5, 0.6) is 5.75 Å². The van der Waals surface area contributed by atoms with E-state index >= 15 is 0 Å². The lowest BCUT2D eigenvalue weighted by atomic mass is 10.2. The first-order chi connectivity index (χ1) is 5.34. The molecule has 0 aliphatic heterocycles. The van der Waals surface area contributed by atoms with Crippen molar-refractivity contribution in [3.63, 3.8) is 0 Å². The van der Waals surface area contributed by atoms with E-state index in [0.717, 1.165) is 11.3 Å². The molecule has 0 fully saturated rings. The summed E-state index contributed by atoms with van der Waals surface area (Å²) >= 11 is 0. The fraction of sp³-hybridized carbons (Fsp3) is 0.100. The van der Waals surface area contributed by atoms with Crippen molar-refractivity contribution in [3.05, 3.63) is 48.4 Å². The summed E-state index contributed by atoms with van der Waals surface area (Å²) in [4.78, 5) is 0. The molecule has 1 rings (SSSR count). The zero-order chi connectivity index (χ0) is 8.10. The number of para-hydroxylation sites is 1. The van der Waals surface area contributed by atoms with Crippen molar-refractivity contribution in [1.82, 2.24) is 0 Å². The molecule has 56 valence electrons. The summed E-state index contributed by atoms with van der Waals surface area (Å²) in [6.45, 7) is 5.39. The van der Waals surface area contributed by atoms with E-state index in [9.17, 15) is 0 Å². The lowest BCUT2D eigenvalue weighted by Crippen LogP contribution is -1.83. The fourth-order valence-corrected chi connectivity index (χ4v) is 0.794. The van der Waals surface area contributed by atoms with Crippen molar-refractivity contribution in [2.45, 2.75) is 6.92 Å². The number of hydrogen-bond acceptors (Lipinski definition) is 1. The van der Waals surface area contributed by atoms with Crippen LogP contribution in [-0.4, -0.2) is 0 Å². The number of ether oxygens (including phenoxy) is 1. The molecule has 0 saturated heterocycles. The Morgan fingerprint density at radius 2 is 2.18 bits per heavy atom. The minimum atomic E-state index is 0.851. The Hall–Kier alpha value is -1.46. The SMILES string of the molecule is C=C=COc1ccccc1C. The molecule has 0 bridgehead atoms. The number of rotatable bonds is 2. The molecule has 0 saturated carbocycles. The summed E-state index contributed by atoms with van der Waals surface area (Å²) in [6, 6.07) is 7.80. The standard InChI is InChI=1S/C10H10O/c1-3-8-11-10-7-5-4-6-9(10)2/h4-8H,1H2,2H3. The van der Waals surface area contributed by atoms with Crippen LogP contribution in [0.25, 0.3) is 0 Å². The second-order valence-electron chi connectivity index (χ2n) is 2.21. The van der Waals surface area contributed by atoms with Crippen molar-refractivity contribution in [2.24, 2.45) is 0 Å². The fourth-order valence-electron chi connectivity index (χ4n) is 0.794. The molecule has 1 nitrogen and oxygen atoms in total. The molecule has 0 aromatic heterocycles. The summed E-state index contributed by atoms with van der Waals surface area (Å²) in [5.41, 5.74) is 3.66. The monoisotopic (exact) mass is 146 g/mol. The smallest absolute Gasteiger partial charge is 0.133 e. The van der Waals surface area contributed by atoms with E-state index < -0.39 is 0 Å². The van der Waals surface area contributed by atoms with E-state index in [2.05, 4.69) is 12.3 Å². The summed E-state index contributed by atoms with van der Waals surface area (Å²) in [5.74, 6) is 0.851. The maximum atomic E-state index is 5.19. The van der Waals surface area contributed by atoms with Gasteiger partial charge in [-0.1, -0.05) is 30.5 Å². The first kappa shape index (κ1) is 7.64. The molecule has 0 amide bonds. The van der Waals surface area contributed by atoms with Crippen LogP contribution in [0, 0.1) is 6.92 Å². The van der Waals surface area contributed by atoms with E-state index in [0.29, 0.717) is 0 Å². The van der Waals surface area contributed by atoms with Gasteiger partial charge in [0.2, 0.25) is 0 Å². The van der Waals surface area contributed by atoms with Gasteiger partial charge < -0.3 is 4.74 Å². The van der Waals surface area contributed by atoms with Crippen LogP contribution < -0.4 is 4.74 Å². The predicted molar refractivity (Wildman–Crippen MR) is 45.5 cm³/mol. The zero-order valence-electron chi connectivity index (χ0n) is 6.50. The van der Waals surface area contributed by atoms with Gasteiger partial charge in [-0.15, -0.1) is 0 Å². The molecular formula is C10H10O. The van der Waals surface area contributed by atoms with Crippen molar-refractivity contribution >= 4 is 0 Å².